The van der Waals surface area contributed by atoms with E-state index in [0.717, 1.165) is 18.7 Å². The number of amides is 1. The van der Waals surface area contributed by atoms with Crippen LogP contribution in [-0.2, 0) is 13.1 Å². The monoisotopic (exact) mass is 571 g/mol. The number of carbonyl (C=O) groups is 1. The molecule has 0 radical (unpaired) electrons. The van der Waals surface area contributed by atoms with E-state index in [2.05, 4.69) is 19.4 Å². The SMILES string of the molecule is O=C(c1cscn1)N(Cc1cccc(OC(F)(F)F)c1)CC1C2CN(Cc3ccc(OC(F)(F)F)cc3)CC21. The maximum atomic E-state index is 13.2. The number of thiazole rings is 1. The molecule has 2 atom stereocenters. The Balaban J connectivity index is 1.19. The number of halogens is 6. The summed E-state index contributed by atoms with van der Waals surface area (Å²) in [7, 11) is 0. The quantitative estimate of drug-likeness (QED) is 0.297. The van der Waals surface area contributed by atoms with Crippen LogP contribution in [0.2, 0.25) is 0 Å². The first-order chi connectivity index (χ1) is 18.4. The van der Waals surface area contributed by atoms with Crippen LogP contribution in [0, 0.1) is 17.8 Å². The first-order valence-corrected chi connectivity index (χ1v) is 13.0. The summed E-state index contributed by atoms with van der Waals surface area (Å²) >= 11 is 1.28. The van der Waals surface area contributed by atoms with Gasteiger partial charge in [0, 0.05) is 38.1 Å². The summed E-state index contributed by atoms with van der Waals surface area (Å²) in [5.41, 5.74) is 3.21. The molecule has 0 bridgehead atoms. The number of carbonyl (C=O) groups excluding carboxylic acids is 1. The smallest absolute Gasteiger partial charge is 0.406 e. The summed E-state index contributed by atoms with van der Waals surface area (Å²) in [4.78, 5) is 21.1. The number of nitrogens with zero attached hydrogens (tertiary/aromatic N) is 3. The van der Waals surface area contributed by atoms with Crippen LogP contribution in [0.3, 0.4) is 0 Å². The summed E-state index contributed by atoms with van der Waals surface area (Å²) in [5.74, 6) is 0.0308. The minimum absolute atomic E-state index is 0.109. The first kappa shape index (κ1) is 27.3. The number of fused-ring (bicyclic) bond motifs is 1. The summed E-state index contributed by atoms with van der Waals surface area (Å²) < 4.78 is 83.0. The maximum Gasteiger partial charge on any atom is 0.573 e. The van der Waals surface area contributed by atoms with Gasteiger partial charge in [0.15, 0.2) is 0 Å². The molecule has 1 aliphatic carbocycles. The average molecular weight is 572 g/mol. The van der Waals surface area contributed by atoms with Gasteiger partial charge in [-0.3, -0.25) is 9.69 Å². The van der Waals surface area contributed by atoms with E-state index >= 15 is 0 Å². The van der Waals surface area contributed by atoms with Gasteiger partial charge in [-0.25, -0.2) is 4.98 Å². The van der Waals surface area contributed by atoms with E-state index in [0.29, 0.717) is 30.5 Å². The molecule has 2 fully saturated rings. The molecule has 2 aliphatic rings. The van der Waals surface area contributed by atoms with Crippen molar-refractivity contribution in [3.05, 3.63) is 76.2 Å². The van der Waals surface area contributed by atoms with Gasteiger partial charge in [0.2, 0.25) is 0 Å². The molecule has 5 rings (SSSR count). The van der Waals surface area contributed by atoms with E-state index in [-0.39, 0.29) is 35.6 Å². The average Bonchev–Trinajstić information content (AvgIpc) is 3.24. The molecule has 2 unspecified atom stereocenters. The van der Waals surface area contributed by atoms with E-state index in [9.17, 15) is 31.1 Å². The van der Waals surface area contributed by atoms with Crippen LogP contribution in [0.4, 0.5) is 26.3 Å². The standard InChI is InChI=1S/C26H23F6N3O3S/c27-25(28,29)37-18-6-4-16(5-7-18)9-34-11-20-21(12-34)22(20)13-35(24(36)23-14-39-15-33-23)10-17-2-1-3-19(8-17)38-26(30,31)32/h1-8,14-15,20-22H,9-13H2. The lowest BCUT2D eigenvalue weighted by molar-refractivity contribution is -0.275. The first-order valence-electron chi connectivity index (χ1n) is 12.0. The van der Waals surface area contributed by atoms with Gasteiger partial charge >= 0.3 is 12.7 Å². The molecule has 1 aliphatic heterocycles. The van der Waals surface area contributed by atoms with Crippen molar-refractivity contribution in [2.45, 2.75) is 25.8 Å². The van der Waals surface area contributed by atoms with E-state index in [4.69, 9.17) is 0 Å². The predicted molar refractivity (Wildman–Crippen MR) is 129 cm³/mol. The second kappa shape index (κ2) is 10.7. The molecule has 2 aromatic carbocycles. The molecule has 39 heavy (non-hydrogen) atoms. The zero-order valence-corrected chi connectivity index (χ0v) is 21.1. The molecule has 2 heterocycles. The van der Waals surface area contributed by atoms with Crippen molar-refractivity contribution in [1.82, 2.24) is 14.8 Å². The lowest BCUT2D eigenvalue weighted by Gasteiger charge is -2.25. The van der Waals surface area contributed by atoms with Crippen LogP contribution in [0.1, 0.15) is 21.6 Å². The van der Waals surface area contributed by atoms with Gasteiger partial charge in [-0.1, -0.05) is 24.3 Å². The Labute approximate surface area is 223 Å². The summed E-state index contributed by atoms with van der Waals surface area (Å²) in [5, 5.41) is 1.64. The van der Waals surface area contributed by atoms with E-state index < -0.39 is 12.7 Å². The van der Waals surface area contributed by atoms with Crippen molar-refractivity contribution < 1.29 is 40.6 Å². The Morgan fingerprint density at radius 3 is 2.23 bits per heavy atom. The molecule has 1 aromatic heterocycles. The fraction of sp³-hybridized carbons (Fsp3) is 0.385. The second-order valence-corrected chi connectivity index (χ2v) is 10.4. The third-order valence-corrected chi connectivity index (χ3v) is 7.47. The minimum atomic E-state index is -4.81. The van der Waals surface area contributed by atoms with E-state index in [1.165, 1.54) is 41.7 Å². The Morgan fingerprint density at radius 1 is 0.949 bits per heavy atom. The number of hydrogen-bond acceptors (Lipinski definition) is 6. The molecular weight excluding hydrogens is 548 g/mol. The zero-order valence-electron chi connectivity index (χ0n) is 20.3. The normalized spacial score (nSPS) is 20.9. The highest BCUT2D eigenvalue weighted by Gasteiger charge is 2.56. The summed E-state index contributed by atoms with van der Waals surface area (Å²) in [6.45, 7) is 2.69. The highest BCUT2D eigenvalue weighted by Crippen LogP contribution is 2.52. The minimum Gasteiger partial charge on any atom is -0.406 e. The summed E-state index contributed by atoms with van der Waals surface area (Å²) in [6, 6.07) is 11.4. The number of aromatic nitrogens is 1. The van der Waals surface area contributed by atoms with Crippen molar-refractivity contribution in [1.29, 1.82) is 0 Å². The zero-order chi connectivity index (χ0) is 27.8. The molecule has 1 saturated heterocycles. The molecule has 3 aromatic rings. The van der Waals surface area contributed by atoms with Crippen molar-refractivity contribution in [3.8, 4) is 11.5 Å². The van der Waals surface area contributed by atoms with Crippen LogP contribution in [0.25, 0.3) is 0 Å². The number of benzene rings is 2. The Kier molecular flexibility index (Phi) is 7.47. The van der Waals surface area contributed by atoms with Gasteiger partial charge in [0.1, 0.15) is 17.2 Å². The topological polar surface area (TPSA) is 54.9 Å². The second-order valence-electron chi connectivity index (χ2n) is 9.63. The molecule has 13 heteroatoms. The van der Waals surface area contributed by atoms with Gasteiger partial charge in [-0.2, -0.15) is 0 Å². The van der Waals surface area contributed by atoms with Crippen LogP contribution in [0.15, 0.2) is 59.4 Å². The van der Waals surface area contributed by atoms with Crippen molar-refractivity contribution >= 4 is 17.2 Å². The van der Waals surface area contributed by atoms with E-state index in [1.54, 1.807) is 34.0 Å². The maximum absolute atomic E-state index is 13.2. The molecule has 0 spiro atoms. The van der Waals surface area contributed by atoms with Crippen LogP contribution < -0.4 is 9.47 Å². The van der Waals surface area contributed by atoms with Crippen molar-refractivity contribution in [3.63, 3.8) is 0 Å². The van der Waals surface area contributed by atoms with Crippen LogP contribution in [-0.4, -0.2) is 53.0 Å². The third kappa shape index (κ3) is 7.21. The van der Waals surface area contributed by atoms with Gasteiger partial charge in [-0.15, -0.1) is 37.7 Å². The molecule has 1 saturated carbocycles. The lowest BCUT2D eigenvalue weighted by Crippen LogP contribution is -2.35. The Morgan fingerprint density at radius 2 is 1.62 bits per heavy atom. The highest BCUT2D eigenvalue weighted by molar-refractivity contribution is 7.07. The fourth-order valence-electron chi connectivity index (χ4n) is 5.21. The number of rotatable bonds is 9. The van der Waals surface area contributed by atoms with Gasteiger partial charge in [-0.05, 0) is 53.1 Å². The van der Waals surface area contributed by atoms with Crippen LogP contribution in [0.5, 0.6) is 11.5 Å². The Hall–Kier alpha value is -3.32. The molecule has 208 valence electrons. The molecule has 0 N–H and O–H groups in total. The fourth-order valence-corrected chi connectivity index (χ4v) is 5.73. The van der Waals surface area contributed by atoms with Gasteiger partial charge < -0.3 is 14.4 Å². The van der Waals surface area contributed by atoms with Crippen molar-refractivity contribution in [2.75, 3.05) is 19.6 Å². The number of piperidine rings is 1. The van der Waals surface area contributed by atoms with Gasteiger partial charge in [0.25, 0.3) is 5.91 Å². The Bertz CT molecular complexity index is 1270. The highest BCUT2D eigenvalue weighted by atomic mass is 32.1. The third-order valence-electron chi connectivity index (χ3n) is 6.89. The van der Waals surface area contributed by atoms with E-state index in [1.807, 2.05) is 0 Å². The largest absolute Gasteiger partial charge is 0.573 e. The molecule has 1 amide bonds. The van der Waals surface area contributed by atoms with Crippen LogP contribution >= 0.6 is 11.3 Å². The van der Waals surface area contributed by atoms with Crippen molar-refractivity contribution in [2.24, 2.45) is 17.8 Å². The lowest BCUT2D eigenvalue weighted by atomic mass is 10.1. The summed E-state index contributed by atoms with van der Waals surface area (Å²) in [6.07, 6.45) is -9.55. The number of ether oxygens (including phenoxy) is 2. The predicted octanol–water partition coefficient (Wildman–Crippen LogP) is 5.96. The number of likely N-dealkylation sites (tertiary alicyclic amines) is 1. The number of alkyl halides is 6. The molecule has 6 nitrogen and oxygen atoms in total. The molecular formula is C26H23F6N3O3S. The van der Waals surface area contributed by atoms with Gasteiger partial charge in [0.05, 0.1) is 5.51 Å². The number of hydrogen-bond donors (Lipinski definition) is 0.